The maximum Gasteiger partial charge on any atom is 0.320 e. The number of esters is 1. The lowest BCUT2D eigenvalue weighted by Crippen LogP contribution is -2.49. The van der Waals surface area contributed by atoms with Crippen LogP contribution in [0.5, 0.6) is 0 Å². The Hall–Kier alpha value is -0.650. The topological polar surface area (TPSA) is 36.0 Å². The van der Waals surface area contributed by atoms with E-state index in [2.05, 4.69) is 28.8 Å². The molecule has 0 N–H and O–H groups in total. The van der Waals surface area contributed by atoms with Gasteiger partial charge in [0.05, 0.1) is 12.6 Å². The highest BCUT2D eigenvalue weighted by molar-refractivity contribution is 5.71. The number of hydrogen-bond donors (Lipinski definition) is 0. The number of carbonyl (C=O) groups excluding carboxylic acids is 1. The van der Waals surface area contributed by atoms with Gasteiger partial charge in [-0.1, -0.05) is 0 Å². The van der Waals surface area contributed by atoms with Crippen LogP contribution in [0.15, 0.2) is 0 Å². The molecule has 1 heterocycles. The number of ether oxygens (including phenoxy) is 1. The van der Waals surface area contributed by atoms with Crippen LogP contribution in [0.3, 0.4) is 0 Å². The lowest BCUT2D eigenvalue weighted by atomic mass is 10.3. The van der Waals surface area contributed by atoms with Gasteiger partial charge in [-0.15, -0.1) is 0 Å². The summed E-state index contributed by atoms with van der Waals surface area (Å²) in [4.78, 5) is 18.4. The van der Waals surface area contributed by atoms with Crippen molar-refractivity contribution in [1.82, 2.24) is 14.7 Å². The molecule has 1 rings (SSSR count). The van der Waals surface area contributed by atoms with Gasteiger partial charge in [-0.3, -0.25) is 14.6 Å². The van der Waals surface area contributed by atoms with Gasteiger partial charge in [0.1, 0.15) is 0 Å². The van der Waals surface area contributed by atoms with E-state index in [1.54, 1.807) is 0 Å². The van der Waals surface area contributed by atoms with Crippen LogP contribution < -0.4 is 0 Å². The van der Waals surface area contributed by atoms with Gasteiger partial charge in [-0.05, 0) is 27.9 Å². The van der Waals surface area contributed by atoms with E-state index in [1.807, 2.05) is 13.8 Å². The third kappa shape index (κ3) is 6.33. The summed E-state index contributed by atoms with van der Waals surface area (Å²) < 4.78 is 5.16. The Morgan fingerprint density at radius 1 is 1.17 bits per heavy atom. The molecule has 0 saturated carbocycles. The van der Waals surface area contributed by atoms with Gasteiger partial charge in [0.2, 0.25) is 0 Å². The van der Waals surface area contributed by atoms with Crippen molar-refractivity contribution in [3.8, 4) is 0 Å². The molecular weight excluding hydrogens is 230 g/mol. The minimum atomic E-state index is -0.105. The molecule has 0 atom stereocenters. The van der Waals surface area contributed by atoms with Gasteiger partial charge in [0.25, 0.3) is 0 Å². The van der Waals surface area contributed by atoms with E-state index >= 15 is 0 Å². The smallest absolute Gasteiger partial charge is 0.320 e. The van der Waals surface area contributed by atoms with Crippen molar-refractivity contribution in [3.63, 3.8) is 0 Å². The van der Waals surface area contributed by atoms with E-state index in [9.17, 15) is 4.79 Å². The van der Waals surface area contributed by atoms with Crippen molar-refractivity contribution >= 4 is 5.97 Å². The standard InChI is InChI=1S/C13H27N3O2/c1-12(2)18-13(17)11-16-9-7-15(8-10-16)6-5-14(3)4/h12H,5-11H2,1-4H3. The fraction of sp³-hybridized carbons (Fsp3) is 0.923. The van der Waals surface area contributed by atoms with Crippen LogP contribution in [-0.2, 0) is 9.53 Å². The highest BCUT2D eigenvalue weighted by atomic mass is 16.5. The molecule has 0 radical (unpaired) electrons. The van der Waals surface area contributed by atoms with Crippen molar-refractivity contribution in [2.45, 2.75) is 20.0 Å². The zero-order valence-corrected chi connectivity index (χ0v) is 12.2. The highest BCUT2D eigenvalue weighted by Crippen LogP contribution is 2.02. The largest absolute Gasteiger partial charge is 0.462 e. The maximum absolute atomic E-state index is 11.5. The molecule has 0 amide bonds. The first kappa shape index (κ1) is 15.4. The normalized spacial score (nSPS) is 18.6. The van der Waals surface area contributed by atoms with Crippen LogP contribution in [-0.4, -0.2) is 86.7 Å². The minimum absolute atomic E-state index is 0.0149. The molecule has 0 aromatic carbocycles. The Morgan fingerprint density at radius 3 is 2.22 bits per heavy atom. The predicted molar refractivity (Wildman–Crippen MR) is 72.7 cm³/mol. The van der Waals surface area contributed by atoms with Crippen LogP contribution >= 0.6 is 0 Å². The number of piperazine rings is 1. The molecular formula is C13H27N3O2. The summed E-state index contributed by atoms with van der Waals surface area (Å²) in [5.74, 6) is -0.105. The molecule has 18 heavy (non-hydrogen) atoms. The van der Waals surface area contributed by atoms with Gasteiger partial charge in [-0.25, -0.2) is 0 Å². The van der Waals surface area contributed by atoms with Gasteiger partial charge in [-0.2, -0.15) is 0 Å². The van der Waals surface area contributed by atoms with Crippen LogP contribution in [0.4, 0.5) is 0 Å². The van der Waals surface area contributed by atoms with Crippen LogP contribution in [0.25, 0.3) is 0 Å². The Bertz CT molecular complexity index is 249. The molecule has 0 aromatic heterocycles. The molecule has 0 unspecified atom stereocenters. The summed E-state index contributed by atoms with van der Waals surface area (Å²) in [6.45, 7) is 10.4. The number of carbonyl (C=O) groups is 1. The van der Waals surface area contributed by atoms with Crippen LogP contribution in [0.2, 0.25) is 0 Å². The minimum Gasteiger partial charge on any atom is -0.462 e. The molecule has 0 aromatic rings. The third-order valence-corrected chi connectivity index (χ3v) is 3.05. The Labute approximate surface area is 111 Å². The summed E-state index contributed by atoms with van der Waals surface area (Å²) in [7, 11) is 4.19. The zero-order chi connectivity index (χ0) is 13.5. The molecule has 1 saturated heterocycles. The first-order valence-electron chi connectivity index (χ1n) is 6.76. The molecule has 0 aliphatic carbocycles. The number of hydrogen-bond acceptors (Lipinski definition) is 5. The monoisotopic (exact) mass is 257 g/mol. The van der Waals surface area contributed by atoms with Gasteiger partial charge >= 0.3 is 5.97 Å². The van der Waals surface area contributed by atoms with E-state index in [0.717, 1.165) is 39.3 Å². The van der Waals surface area contributed by atoms with E-state index in [1.165, 1.54) is 0 Å². The molecule has 106 valence electrons. The summed E-state index contributed by atoms with van der Waals surface area (Å²) >= 11 is 0. The Morgan fingerprint density at radius 2 is 1.72 bits per heavy atom. The number of nitrogens with zero attached hydrogens (tertiary/aromatic N) is 3. The second-order valence-corrected chi connectivity index (χ2v) is 5.46. The van der Waals surface area contributed by atoms with Crippen molar-refractivity contribution in [1.29, 1.82) is 0 Å². The van der Waals surface area contributed by atoms with Crippen molar-refractivity contribution in [2.24, 2.45) is 0 Å². The summed E-state index contributed by atoms with van der Waals surface area (Å²) in [6.07, 6.45) is -0.0149. The third-order valence-electron chi connectivity index (χ3n) is 3.05. The van der Waals surface area contributed by atoms with Gasteiger partial charge < -0.3 is 9.64 Å². The fourth-order valence-electron chi connectivity index (χ4n) is 2.00. The SMILES string of the molecule is CC(C)OC(=O)CN1CCN(CCN(C)C)CC1. The lowest BCUT2D eigenvalue weighted by Gasteiger charge is -2.34. The summed E-state index contributed by atoms with van der Waals surface area (Å²) in [5, 5.41) is 0. The van der Waals surface area contributed by atoms with E-state index in [0.29, 0.717) is 6.54 Å². The molecule has 1 aliphatic rings. The molecule has 1 aliphatic heterocycles. The average molecular weight is 257 g/mol. The first-order valence-corrected chi connectivity index (χ1v) is 6.76. The van der Waals surface area contributed by atoms with Crippen LogP contribution in [0, 0.1) is 0 Å². The second-order valence-electron chi connectivity index (χ2n) is 5.46. The molecule has 1 fully saturated rings. The maximum atomic E-state index is 11.5. The zero-order valence-electron chi connectivity index (χ0n) is 12.2. The number of rotatable bonds is 6. The molecule has 0 bridgehead atoms. The first-order chi connectivity index (χ1) is 8.47. The summed E-state index contributed by atoms with van der Waals surface area (Å²) in [6, 6.07) is 0. The van der Waals surface area contributed by atoms with E-state index in [-0.39, 0.29) is 12.1 Å². The Kier molecular flexibility index (Phi) is 6.60. The highest BCUT2D eigenvalue weighted by Gasteiger charge is 2.19. The van der Waals surface area contributed by atoms with Gasteiger partial charge in [0.15, 0.2) is 0 Å². The van der Waals surface area contributed by atoms with Crippen molar-refractivity contribution in [2.75, 3.05) is 59.9 Å². The van der Waals surface area contributed by atoms with E-state index < -0.39 is 0 Å². The summed E-state index contributed by atoms with van der Waals surface area (Å²) in [5.41, 5.74) is 0. The predicted octanol–water partition coefficient (Wildman–Crippen LogP) is 0.117. The van der Waals surface area contributed by atoms with Crippen LogP contribution in [0.1, 0.15) is 13.8 Å². The second kappa shape index (κ2) is 7.71. The van der Waals surface area contributed by atoms with E-state index in [4.69, 9.17) is 4.74 Å². The molecule has 5 heteroatoms. The van der Waals surface area contributed by atoms with Crippen molar-refractivity contribution in [3.05, 3.63) is 0 Å². The lowest BCUT2D eigenvalue weighted by molar-refractivity contribution is -0.149. The fourth-order valence-corrected chi connectivity index (χ4v) is 2.00. The Balaban J connectivity index is 2.17. The van der Waals surface area contributed by atoms with Crippen molar-refractivity contribution < 1.29 is 9.53 Å². The quantitative estimate of drug-likeness (QED) is 0.632. The van der Waals surface area contributed by atoms with Gasteiger partial charge in [0, 0.05) is 39.3 Å². The molecule has 5 nitrogen and oxygen atoms in total. The molecule has 0 spiro atoms. The number of likely N-dealkylation sites (N-methyl/N-ethyl adjacent to an activating group) is 1. The average Bonchev–Trinajstić information content (AvgIpc) is 2.26.